The Hall–Kier alpha value is -1.81. The standard InChI is InChI=1S/C42H68N2O7/c1-2-36(29-9-4-3-5-10-29)40(30-11-15-33(45)16-12-30)31-13-17-34(18-14-31)50-26-8-24-49-23-6-7-25-51-35-19-20-37-32(27-35)28-44(42(37)48)38-21-22-39(46)43-41(38)47/h29-35,37-38,45H,2-28H2,1H3,(H,43,46,47)/b40-36-. The van der Waals surface area contributed by atoms with Crippen molar-refractivity contribution >= 4 is 17.7 Å². The van der Waals surface area contributed by atoms with E-state index in [1.807, 2.05) is 11.1 Å². The fraction of sp³-hybridized carbons (Fsp3) is 0.881. The molecule has 4 unspecified atom stereocenters. The summed E-state index contributed by atoms with van der Waals surface area (Å²) in [4.78, 5) is 38.7. The van der Waals surface area contributed by atoms with Crippen LogP contribution < -0.4 is 5.32 Å². The van der Waals surface area contributed by atoms with Crippen molar-refractivity contribution in [2.24, 2.45) is 29.6 Å². The molecule has 4 aliphatic carbocycles. The molecule has 9 heteroatoms. The number of allylic oxidation sites excluding steroid dienone is 2. The SMILES string of the molecule is CC/C(=C(\C1CCC(O)CC1)C1CCC(OCCCOCCCCOC2CCC3C(=O)N(C4CCC(=O)NC4=O)CC3C2)CC1)C1CCCCC1. The average molecular weight is 713 g/mol. The summed E-state index contributed by atoms with van der Waals surface area (Å²) in [5, 5.41) is 12.6. The number of ether oxygens (including phenoxy) is 3. The van der Waals surface area contributed by atoms with E-state index in [0.717, 1.165) is 77.1 Å². The first-order chi connectivity index (χ1) is 24.9. The number of carbonyl (C=O) groups is 3. The molecule has 2 aliphatic heterocycles. The first-order valence-electron chi connectivity index (χ1n) is 21.3. The molecule has 0 radical (unpaired) electrons. The highest BCUT2D eigenvalue weighted by Gasteiger charge is 2.48. The Morgan fingerprint density at radius 1 is 0.725 bits per heavy atom. The number of fused-ring (bicyclic) bond motifs is 1. The van der Waals surface area contributed by atoms with Gasteiger partial charge in [-0.3, -0.25) is 19.7 Å². The quantitative estimate of drug-likeness (QED) is 0.100. The van der Waals surface area contributed by atoms with E-state index in [1.54, 1.807) is 4.90 Å². The number of likely N-dealkylation sites (tertiary alicyclic amines) is 1. The molecule has 6 aliphatic rings. The van der Waals surface area contributed by atoms with E-state index in [9.17, 15) is 19.5 Å². The van der Waals surface area contributed by atoms with Gasteiger partial charge in [0.1, 0.15) is 6.04 Å². The Balaban J connectivity index is 0.814. The van der Waals surface area contributed by atoms with Gasteiger partial charge in [-0.2, -0.15) is 0 Å². The van der Waals surface area contributed by atoms with E-state index >= 15 is 0 Å². The number of hydrogen-bond donors (Lipinski definition) is 2. The zero-order valence-corrected chi connectivity index (χ0v) is 31.6. The van der Waals surface area contributed by atoms with Crippen molar-refractivity contribution < 1.29 is 33.7 Å². The van der Waals surface area contributed by atoms with Crippen LogP contribution in [0.15, 0.2) is 11.1 Å². The highest BCUT2D eigenvalue weighted by Crippen LogP contribution is 2.46. The predicted octanol–water partition coefficient (Wildman–Crippen LogP) is 7.04. The van der Waals surface area contributed by atoms with Gasteiger partial charge in [-0.25, -0.2) is 0 Å². The minimum atomic E-state index is -0.504. The molecule has 6 fully saturated rings. The van der Waals surface area contributed by atoms with Crippen LogP contribution in [0.2, 0.25) is 0 Å². The molecule has 0 aromatic rings. The number of imide groups is 1. The first kappa shape index (κ1) is 38.9. The average Bonchev–Trinajstić information content (AvgIpc) is 3.47. The van der Waals surface area contributed by atoms with Gasteiger partial charge in [0.15, 0.2) is 0 Å². The van der Waals surface area contributed by atoms with Crippen molar-refractivity contribution in [2.45, 2.75) is 173 Å². The molecule has 0 spiro atoms. The van der Waals surface area contributed by atoms with Crippen LogP contribution in [-0.2, 0) is 28.6 Å². The Morgan fingerprint density at radius 3 is 2.10 bits per heavy atom. The Labute approximate surface area is 307 Å². The molecule has 2 saturated heterocycles. The molecule has 0 bridgehead atoms. The molecule has 3 amide bonds. The van der Waals surface area contributed by atoms with Gasteiger partial charge in [0, 0.05) is 45.3 Å². The largest absolute Gasteiger partial charge is 0.393 e. The predicted molar refractivity (Wildman–Crippen MR) is 197 cm³/mol. The van der Waals surface area contributed by atoms with Crippen molar-refractivity contribution in [3.8, 4) is 0 Å². The zero-order chi connectivity index (χ0) is 35.6. The van der Waals surface area contributed by atoms with Gasteiger partial charge >= 0.3 is 0 Å². The summed E-state index contributed by atoms with van der Waals surface area (Å²) in [6.45, 7) is 5.97. The minimum Gasteiger partial charge on any atom is -0.393 e. The van der Waals surface area contributed by atoms with Crippen LogP contribution >= 0.6 is 0 Å². The summed E-state index contributed by atoms with van der Waals surface area (Å²) in [6.07, 6.45) is 24.0. The number of hydrogen-bond acceptors (Lipinski definition) is 7. The normalized spacial score (nSPS) is 34.3. The molecule has 9 nitrogen and oxygen atoms in total. The highest BCUT2D eigenvalue weighted by atomic mass is 16.5. The summed E-state index contributed by atoms with van der Waals surface area (Å²) in [5.74, 6) is 1.94. The molecule has 2 heterocycles. The number of rotatable bonds is 16. The molecular weight excluding hydrogens is 644 g/mol. The van der Waals surface area contributed by atoms with Crippen molar-refractivity contribution in [1.82, 2.24) is 10.2 Å². The third kappa shape index (κ3) is 10.5. The highest BCUT2D eigenvalue weighted by molar-refractivity contribution is 6.02. The number of nitrogens with zero attached hydrogens (tertiary/aromatic N) is 1. The minimum absolute atomic E-state index is 0.0134. The maximum Gasteiger partial charge on any atom is 0.249 e. The van der Waals surface area contributed by atoms with Crippen molar-refractivity contribution in [2.75, 3.05) is 33.0 Å². The monoisotopic (exact) mass is 713 g/mol. The second kappa shape index (κ2) is 19.5. The summed E-state index contributed by atoms with van der Waals surface area (Å²) >= 11 is 0. The molecular formula is C42H68N2O7. The molecule has 6 rings (SSSR count). The van der Waals surface area contributed by atoms with Crippen LogP contribution in [0.1, 0.15) is 148 Å². The molecule has 0 aromatic heterocycles. The lowest BCUT2D eigenvalue weighted by Crippen LogP contribution is -2.53. The molecule has 51 heavy (non-hydrogen) atoms. The maximum atomic E-state index is 13.0. The lowest BCUT2D eigenvalue weighted by atomic mass is 9.68. The van der Waals surface area contributed by atoms with Gasteiger partial charge in [0.25, 0.3) is 0 Å². The first-order valence-corrected chi connectivity index (χ1v) is 21.3. The molecule has 4 saturated carbocycles. The van der Waals surface area contributed by atoms with E-state index in [-0.39, 0.29) is 41.8 Å². The number of aliphatic hydroxyl groups is 1. The van der Waals surface area contributed by atoms with Gasteiger partial charge in [0.2, 0.25) is 17.7 Å². The summed E-state index contributed by atoms with van der Waals surface area (Å²) in [6, 6.07) is -0.504. The van der Waals surface area contributed by atoms with Crippen LogP contribution in [0.3, 0.4) is 0 Å². The van der Waals surface area contributed by atoms with Gasteiger partial charge in [-0.1, -0.05) is 37.3 Å². The van der Waals surface area contributed by atoms with Gasteiger partial charge < -0.3 is 24.2 Å². The lowest BCUT2D eigenvalue weighted by molar-refractivity contribution is -0.145. The fourth-order valence-corrected chi connectivity index (χ4v) is 10.7. The van der Waals surface area contributed by atoms with Crippen molar-refractivity contribution in [3.63, 3.8) is 0 Å². The summed E-state index contributed by atoms with van der Waals surface area (Å²) < 4.78 is 18.5. The van der Waals surface area contributed by atoms with Crippen molar-refractivity contribution in [1.29, 1.82) is 0 Å². The van der Waals surface area contributed by atoms with Crippen LogP contribution in [0.4, 0.5) is 0 Å². The summed E-state index contributed by atoms with van der Waals surface area (Å²) in [7, 11) is 0. The van der Waals surface area contributed by atoms with Gasteiger partial charge in [-0.15, -0.1) is 0 Å². The van der Waals surface area contributed by atoms with E-state index in [1.165, 1.54) is 77.0 Å². The topological polar surface area (TPSA) is 114 Å². The van der Waals surface area contributed by atoms with E-state index in [0.29, 0.717) is 43.9 Å². The van der Waals surface area contributed by atoms with E-state index < -0.39 is 6.04 Å². The number of unbranched alkanes of at least 4 members (excludes halogenated alkanes) is 1. The van der Waals surface area contributed by atoms with Crippen molar-refractivity contribution in [3.05, 3.63) is 11.1 Å². The number of nitrogens with one attached hydrogen (secondary N) is 1. The maximum absolute atomic E-state index is 13.0. The van der Waals surface area contributed by atoms with Gasteiger partial charge in [0.05, 0.1) is 18.3 Å². The lowest BCUT2D eigenvalue weighted by Gasteiger charge is -2.39. The fourth-order valence-electron chi connectivity index (χ4n) is 10.7. The van der Waals surface area contributed by atoms with E-state index in [2.05, 4.69) is 12.2 Å². The van der Waals surface area contributed by atoms with Gasteiger partial charge in [-0.05, 0) is 139 Å². The zero-order valence-electron chi connectivity index (χ0n) is 31.6. The molecule has 2 N–H and O–H groups in total. The third-order valence-corrected chi connectivity index (χ3v) is 13.5. The number of piperidine rings is 1. The Bertz CT molecular complexity index is 1170. The van der Waals surface area contributed by atoms with Crippen LogP contribution in [-0.4, -0.2) is 85.1 Å². The Morgan fingerprint density at radius 2 is 1.37 bits per heavy atom. The second-order valence-corrected chi connectivity index (χ2v) is 16.8. The Kier molecular flexibility index (Phi) is 14.9. The molecule has 288 valence electrons. The summed E-state index contributed by atoms with van der Waals surface area (Å²) in [5.41, 5.74) is 3.66. The second-order valence-electron chi connectivity index (χ2n) is 16.8. The number of carbonyl (C=O) groups excluding carboxylic acids is 3. The molecule has 4 atom stereocenters. The van der Waals surface area contributed by atoms with Crippen LogP contribution in [0, 0.1) is 29.6 Å². The van der Waals surface area contributed by atoms with Crippen LogP contribution in [0.25, 0.3) is 0 Å². The smallest absolute Gasteiger partial charge is 0.249 e. The molecule has 0 aromatic carbocycles. The number of amides is 3. The van der Waals surface area contributed by atoms with Crippen LogP contribution in [0.5, 0.6) is 0 Å². The van der Waals surface area contributed by atoms with E-state index in [4.69, 9.17) is 14.2 Å². The third-order valence-electron chi connectivity index (χ3n) is 13.5. The number of aliphatic hydroxyl groups excluding tert-OH is 1.